The normalized spacial score (nSPS) is 12.0. The number of aldehydes is 4. The van der Waals surface area contributed by atoms with Crippen molar-refractivity contribution in [1.29, 1.82) is 0 Å². The Labute approximate surface area is 293 Å². The Morgan fingerprint density at radius 2 is 0.808 bits per heavy atom. The molecule has 0 saturated carbocycles. The monoisotopic (exact) mass is 682 g/mol. The molecule has 250 valence electrons. The van der Waals surface area contributed by atoms with Crippen molar-refractivity contribution < 1.29 is 19.2 Å². The zero-order valence-corrected chi connectivity index (χ0v) is 27.1. The number of rotatable bonds is 8. The average molecular weight is 683 g/mol. The maximum Gasteiger partial charge on any atom is 0.166 e. The van der Waals surface area contributed by atoms with Crippen molar-refractivity contribution in [3.8, 4) is 44.8 Å². The van der Waals surface area contributed by atoms with Gasteiger partial charge in [-0.25, -0.2) is 9.97 Å². The number of hydrogen-bond acceptors (Lipinski definition) is 6. The molecule has 7 aromatic rings. The van der Waals surface area contributed by atoms with Gasteiger partial charge in [-0.3, -0.25) is 19.2 Å². The second-order valence-electron chi connectivity index (χ2n) is 12.4. The number of hydrogen-bond donors (Lipinski definition) is 6. The fraction of sp³-hybridized carbons (Fsp3) is 0. The molecule has 52 heavy (non-hydrogen) atoms. The van der Waals surface area contributed by atoms with Crippen LogP contribution in [0.25, 0.3) is 91.1 Å². The topological polar surface area (TPSA) is 189 Å². The molecular weight excluding hydrogens is 656 g/mol. The summed E-state index contributed by atoms with van der Waals surface area (Å²) in [7, 11) is 0. The van der Waals surface area contributed by atoms with Gasteiger partial charge in [-0.15, -0.1) is 0 Å². The summed E-state index contributed by atoms with van der Waals surface area (Å²) in [6.07, 6.45) is 17.6. The van der Waals surface area contributed by atoms with Crippen LogP contribution in [0.1, 0.15) is 64.5 Å². The number of nitrogens with one attached hydrogen (secondary N) is 6. The molecule has 9 heterocycles. The second kappa shape index (κ2) is 12.1. The van der Waals surface area contributed by atoms with Gasteiger partial charge in [0.25, 0.3) is 0 Å². The Bertz CT molecular complexity index is 2470. The van der Waals surface area contributed by atoms with E-state index in [9.17, 15) is 19.2 Å². The Kier molecular flexibility index (Phi) is 7.07. The van der Waals surface area contributed by atoms with Gasteiger partial charge >= 0.3 is 0 Å². The summed E-state index contributed by atoms with van der Waals surface area (Å²) in [5, 5.41) is 0. The van der Waals surface area contributed by atoms with Crippen molar-refractivity contribution in [3.63, 3.8) is 0 Å². The molecule has 0 atom stereocenters. The molecule has 9 rings (SSSR count). The summed E-state index contributed by atoms with van der Waals surface area (Å²) in [5.41, 5.74) is 13.0. The van der Waals surface area contributed by atoms with Crippen LogP contribution >= 0.6 is 0 Å². The third kappa shape index (κ3) is 5.01. The SMILES string of the molecule is O=Cc1c[nH]c(-c2c3nc(c(-c4cc(C=O)c[nH]4)c4ccc([nH]4)c(-c4c[nH]c(C=O)c4)c4nc(c(-c5c[nH]c(C=O)c5)c5ccc2[nH]5)C=C4)C=C3)c1. The van der Waals surface area contributed by atoms with Gasteiger partial charge in [-0.2, -0.15) is 0 Å². The quantitative estimate of drug-likeness (QED) is 0.0884. The van der Waals surface area contributed by atoms with E-state index in [1.807, 2.05) is 48.6 Å². The fourth-order valence-electron chi connectivity index (χ4n) is 6.88. The van der Waals surface area contributed by atoms with Crippen LogP contribution in [-0.2, 0) is 0 Å². The van der Waals surface area contributed by atoms with E-state index in [0.717, 1.165) is 69.6 Å². The van der Waals surface area contributed by atoms with Gasteiger partial charge in [0.15, 0.2) is 25.1 Å². The predicted molar refractivity (Wildman–Crippen MR) is 200 cm³/mol. The molecule has 0 fully saturated rings. The van der Waals surface area contributed by atoms with Gasteiger partial charge in [0.2, 0.25) is 0 Å². The van der Waals surface area contributed by atoms with Crippen LogP contribution < -0.4 is 0 Å². The van der Waals surface area contributed by atoms with E-state index in [0.29, 0.717) is 67.7 Å². The molecule has 12 heteroatoms. The van der Waals surface area contributed by atoms with Crippen molar-refractivity contribution in [1.82, 2.24) is 39.9 Å². The van der Waals surface area contributed by atoms with Gasteiger partial charge in [0.1, 0.15) is 0 Å². The highest BCUT2D eigenvalue weighted by Crippen LogP contribution is 2.38. The van der Waals surface area contributed by atoms with E-state index in [1.165, 1.54) is 0 Å². The molecule has 0 amide bonds. The maximum atomic E-state index is 11.7. The third-order valence-corrected chi connectivity index (χ3v) is 9.22. The zero-order valence-electron chi connectivity index (χ0n) is 27.1. The van der Waals surface area contributed by atoms with E-state index in [4.69, 9.17) is 9.97 Å². The van der Waals surface area contributed by atoms with Crippen LogP contribution in [-0.4, -0.2) is 65.0 Å². The summed E-state index contributed by atoms with van der Waals surface area (Å²) in [4.78, 5) is 77.0. The number of aromatic nitrogens is 8. The number of carbonyl (C=O) groups excluding carboxylic acids is 4. The minimum absolute atomic E-state index is 0.413. The van der Waals surface area contributed by atoms with Crippen molar-refractivity contribution in [3.05, 3.63) is 119 Å². The molecule has 0 radical (unpaired) electrons. The molecule has 0 spiro atoms. The van der Waals surface area contributed by atoms with E-state index in [1.54, 1.807) is 49.1 Å². The molecule has 2 aliphatic heterocycles. The number of H-pyrrole nitrogens is 6. The molecule has 0 saturated heterocycles. The molecule has 7 aromatic heterocycles. The summed E-state index contributed by atoms with van der Waals surface area (Å²) in [5.74, 6) is 0. The van der Waals surface area contributed by atoms with Crippen LogP contribution in [0.3, 0.4) is 0 Å². The molecule has 12 nitrogen and oxygen atoms in total. The Morgan fingerprint density at radius 3 is 1.15 bits per heavy atom. The smallest absolute Gasteiger partial charge is 0.166 e. The van der Waals surface area contributed by atoms with E-state index < -0.39 is 0 Å². The number of carbonyl (C=O) groups is 4. The number of aromatic amines is 6. The van der Waals surface area contributed by atoms with Crippen LogP contribution in [0, 0.1) is 0 Å². The molecule has 8 bridgehead atoms. The molecule has 6 N–H and O–H groups in total. The Balaban J connectivity index is 1.46. The van der Waals surface area contributed by atoms with Gasteiger partial charge in [0, 0.05) is 80.3 Å². The van der Waals surface area contributed by atoms with E-state index in [2.05, 4.69) is 29.9 Å². The van der Waals surface area contributed by atoms with E-state index in [-0.39, 0.29) is 0 Å². The molecule has 0 aromatic carbocycles. The summed E-state index contributed by atoms with van der Waals surface area (Å²) in [6, 6.07) is 14.8. The predicted octanol–water partition coefficient (Wildman–Crippen LogP) is 7.89. The van der Waals surface area contributed by atoms with Crippen molar-refractivity contribution in [2.45, 2.75) is 0 Å². The Morgan fingerprint density at radius 1 is 0.423 bits per heavy atom. The molecular formula is C40H26N8O4. The third-order valence-electron chi connectivity index (χ3n) is 9.22. The van der Waals surface area contributed by atoms with Gasteiger partial charge in [-0.05, 0) is 72.8 Å². The highest BCUT2D eigenvalue weighted by atomic mass is 16.1. The minimum atomic E-state index is 0.413. The van der Waals surface area contributed by atoms with Crippen molar-refractivity contribution >= 4 is 71.5 Å². The lowest BCUT2D eigenvalue weighted by Crippen LogP contribution is -1.89. The first-order chi connectivity index (χ1) is 25.5. The second-order valence-corrected chi connectivity index (χ2v) is 12.4. The first-order valence-electron chi connectivity index (χ1n) is 16.3. The Hall–Kier alpha value is -7.60. The van der Waals surface area contributed by atoms with Crippen LogP contribution in [0.2, 0.25) is 0 Å². The van der Waals surface area contributed by atoms with Crippen LogP contribution in [0.4, 0.5) is 0 Å². The number of fused-ring (bicyclic) bond motifs is 8. The molecule has 0 aliphatic carbocycles. The summed E-state index contributed by atoms with van der Waals surface area (Å²) < 4.78 is 0. The fourth-order valence-corrected chi connectivity index (χ4v) is 6.88. The minimum Gasteiger partial charge on any atom is -0.360 e. The first kappa shape index (κ1) is 30.5. The van der Waals surface area contributed by atoms with E-state index >= 15 is 0 Å². The van der Waals surface area contributed by atoms with Crippen molar-refractivity contribution in [2.75, 3.05) is 0 Å². The lowest BCUT2D eigenvalue weighted by molar-refractivity contribution is 0.111. The van der Waals surface area contributed by atoms with Gasteiger partial charge < -0.3 is 29.9 Å². The van der Waals surface area contributed by atoms with Crippen LogP contribution in [0.15, 0.2) is 73.3 Å². The largest absolute Gasteiger partial charge is 0.360 e. The lowest BCUT2D eigenvalue weighted by atomic mass is 10.1. The zero-order chi connectivity index (χ0) is 35.3. The van der Waals surface area contributed by atoms with Gasteiger partial charge in [-0.1, -0.05) is 0 Å². The average Bonchev–Trinajstić information content (AvgIpc) is 4.02. The van der Waals surface area contributed by atoms with Gasteiger partial charge in [0.05, 0.1) is 56.6 Å². The number of nitrogens with zero attached hydrogens (tertiary/aromatic N) is 2. The summed E-state index contributed by atoms with van der Waals surface area (Å²) in [6.45, 7) is 0. The maximum absolute atomic E-state index is 11.7. The molecule has 0 unspecified atom stereocenters. The van der Waals surface area contributed by atoms with Crippen LogP contribution in [0.5, 0.6) is 0 Å². The molecule has 2 aliphatic rings. The van der Waals surface area contributed by atoms with Crippen molar-refractivity contribution in [2.24, 2.45) is 0 Å². The summed E-state index contributed by atoms with van der Waals surface area (Å²) >= 11 is 0. The highest BCUT2D eigenvalue weighted by Gasteiger charge is 2.20. The first-order valence-corrected chi connectivity index (χ1v) is 16.3. The standard InChI is InChI=1S/C40H26N8O4/c49-17-21-9-35(43-13-21)39-31-5-3-29(46-31)37(23-11-25(19-51)41-15-23)27-1-2-28(45-27)38(24-12-26(20-52)42-16-24)30-4-6-32(47-30)40(34-8-7-33(39)48-34)36-10-22(18-50)14-44-36/h1-20,41-44,46-47H. The highest BCUT2D eigenvalue weighted by molar-refractivity contribution is 6.00. The lowest BCUT2D eigenvalue weighted by Gasteiger charge is -2.04.